The van der Waals surface area contributed by atoms with Gasteiger partial charge in [0.15, 0.2) is 17.3 Å². The maximum absolute atomic E-state index is 13.4. The van der Waals surface area contributed by atoms with E-state index in [4.69, 9.17) is 26.1 Å². The first kappa shape index (κ1) is 28.0. The number of aryl methyl sites for hydroxylation is 1. The van der Waals surface area contributed by atoms with Gasteiger partial charge in [0, 0.05) is 18.5 Å². The van der Waals surface area contributed by atoms with Crippen LogP contribution < -0.4 is 0 Å². The minimum atomic E-state index is -0.756. The Bertz CT molecular complexity index is 1550. The minimum absolute atomic E-state index is 0.174. The molecule has 0 saturated heterocycles. The Morgan fingerprint density at radius 1 is 1.10 bits per heavy atom. The van der Waals surface area contributed by atoms with Crippen LogP contribution in [0.2, 0.25) is 5.15 Å². The summed E-state index contributed by atoms with van der Waals surface area (Å²) < 4.78 is 13.8. The third kappa shape index (κ3) is 5.88. The molecule has 0 aliphatic carbocycles. The zero-order valence-corrected chi connectivity index (χ0v) is 23.4. The molecule has 0 unspecified atom stereocenters. The predicted molar refractivity (Wildman–Crippen MR) is 148 cm³/mol. The maximum Gasteiger partial charge on any atom is 0.420 e. The number of hydrogen-bond donors (Lipinski definition) is 0. The number of carbonyl (C=O) groups is 3. The van der Waals surface area contributed by atoms with Crippen molar-refractivity contribution < 1.29 is 23.9 Å². The average molecular weight is 551 g/mol. The predicted octanol–water partition coefficient (Wildman–Crippen LogP) is 6.33. The second-order valence-corrected chi connectivity index (χ2v) is 10.5. The zero-order valence-electron chi connectivity index (χ0n) is 22.7. The van der Waals surface area contributed by atoms with E-state index in [1.54, 1.807) is 51.1 Å². The molecule has 0 saturated carbocycles. The normalized spacial score (nSPS) is 11.5. The Balaban J connectivity index is 1.87. The number of hydrogen-bond acceptors (Lipinski definition) is 7. The zero-order chi connectivity index (χ0) is 28.3. The average Bonchev–Trinajstić information content (AvgIpc) is 3.42. The number of methoxy groups -OCH3 is 1. The Morgan fingerprint density at radius 3 is 2.51 bits per heavy atom. The number of halogens is 1. The summed E-state index contributed by atoms with van der Waals surface area (Å²) in [6.45, 7) is 7.76. The van der Waals surface area contributed by atoms with Crippen LogP contribution in [-0.4, -0.2) is 50.2 Å². The summed E-state index contributed by atoms with van der Waals surface area (Å²) in [5.74, 6) is 0.434. The molecule has 2 heterocycles. The van der Waals surface area contributed by atoms with Gasteiger partial charge >= 0.3 is 12.1 Å². The number of carbonyl (C=O) groups excluding carboxylic acids is 3. The molecule has 39 heavy (non-hydrogen) atoms. The van der Waals surface area contributed by atoms with Gasteiger partial charge in [0.1, 0.15) is 17.1 Å². The van der Waals surface area contributed by atoms with Crippen LogP contribution in [0.3, 0.4) is 0 Å². The molecule has 0 radical (unpaired) electrons. The topological polar surface area (TPSA) is 105 Å². The van der Waals surface area contributed by atoms with Crippen LogP contribution in [0.1, 0.15) is 72.8 Å². The van der Waals surface area contributed by atoms with Gasteiger partial charge in [-0.3, -0.25) is 4.79 Å². The number of rotatable bonds is 8. The molecule has 4 aromatic rings. The van der Waals surface area contributed by atoms with Crippen LogP contribution in [0.5, 0.6) is 0 Å². The van der Waals surface area contributed by atoms with Gasteiger partial charge in [-0.05, 0) is 51.0 Å². The van der Waals surface area contributed by atoms with Gasteiger partial charge in [-0.15, -0.1) is 0 Å². The van der Waals surface area contributed by atoms with E-state index >= 15 is 0 Å². The number of ether oxygens (including phenoxy) is 2. The van der Waals surface area contributed by atoms with Crippen molar-refractivity contribution in [2.24, 2.45) is 0 Å². The highest BCUT2D eigenvalue weighted by molar-refractivity contribution is 6.31. The number of nitrogens with zero attached hydrogens (tertiary/aromatic N) is 4. The highest BCUT2D eigenvalue weighted by Gasteiger charge is 2.27. The van der Waals surface area contributed by atoms with Crippen molar-refractivity contribution in [2.75, 3.05) is 7.11 Å². The second-order valence-electron chi connectivity index (χ2n) is 10.1. The van der Waals surface area contributed by atoms with Gasteiger partial charge in [-0.2, -0.15) is 0 Å². The summed E-state index contributed by atoms with van der Waals surface area (Å²) in [5.41, 5.74) is 2.11. The molecule has 2 aromatic carbocycles. The molecule has 204 valence electrons. The van der Waals surface area contributed by atoms with Gasteiger partial charge in [-0.25, -0.2) is 24.1 Å². The molecular formula is C29H31ClN4O5. The van der Waals surface area contributed by atoms with Crippen molar-refractivity contribution in [3.63, 3.8) is 0 Å². The molecule has 4 rings (SSSR count). The van der Waals surface area contributed by atoms with Crippen molar-refractivity contribution in [1.82, 2.24) is 19.1 Å². The summed E-state index contributed by atoms with van der Waals surface area (Å²) in [6.07, 6.45) is 2.66. The molecule has 0 fully saturated rings. The number of imidazole rings is 2. The van der Waals surface area contributed by atoms with Crippen molar-refractivity contribution >= 4 is 41.0 Å². The van der Waals surface area contributed by atoms with Crippen molar-refractivity contribution in [3.05, 3.63) is 70.3 Å². The van der Waals surface area contributed by atoms with E-state index in [1.165, 1.54) is 11.7 Å². The van der Waals surface area contributed by atoms with Crippen LogP contribution in [0.4, 0.5) is 4.79 Å². The first-order chi connectivity index (χ1) is 18.6. The fourth-order valence-corrected chi connectivity index (χ4v) is 4.59. The van der Waals surface area contributed by atoms with Crippen LogP contribution in [0.25, 0.3) is 22.4 Å². The molecule has 0 bridgehead atoms. The Morgan fingerprint density at radius 2 is 1.85 bits per heavy atom. The highest BCUT2D eigenvalue weighted by Crippen LogP contribution is 2.30. The molecule has 9 nitrogen and oxygen atoms in total. The fraction of sp³-hybridized carbons (Fsp3) is 0.345. The van der Waals surface area contributed by atoms with E-state index in [0.29, 0.717) is 41.5 Å². The molecule has 2 aromatic heterocycles. The van der Waals surface area contributed by atoms with E-state index in [2.05, 4.69) is 11.9 Å². The summed E-state index contributed by atoms with van der Waals surface area (Å²) >= 11 is 6.25. The van der Waals surface area contributed by atoms with E-state index < -0.39 is 17.7 Å². The van der Waals surface area contributed by atoms with Crippen LogP contribution in [0.15, 0.2) is 42.5 Å². The van der Waals surface area contributed by atoms with Gasteiger partial charge in [-0.1, -0.05) is 49.2 Å². The lowest BCUT2D eigenvalue weighted by molar-refractivity contribution is 0.0542. The van der Waals surface area contributed by atoms with E-state index in [1.807, 2.05) is 16.7 Å². The molecule has 10 heteroatoms. The lowest BCUT2D eigenvalue weighted by atomic mass is 10.1. The number of benzene rings is 2. The Kier molecular flexibility index (Phi) is 8.20. The number of unbranched alkanes of at least 4 members (excludes halogenated alkanes) is 1. The maximum atomic E-state index is 13.4. The monoisotopic (exact) mass is 550 g/mol. The van der Waals surface area contributed by atoms with Crippen LogP contribution >= 0.6 is 11.6 Å². The summed E-state index contributed by atoms with van der Waals surface area (Å²) in [5, 5.41) is 0.174. The number of aldehydes is 1. The third-order valence-electron chi connectivity index (χ3n) is 6.12. The van der Waals surface area contributed by atoms with Crippen molar-refractivity contribution in [3.8, 4) is 11.4 Å². The van der Waals surface area contributed by atoms with E-state index in [0.717, 1.165) is 24.2 Å². The Labute approximate surface area is 231 Å². The molecule has 0 amide bonds. The largest absolute Gasteiger partial charge is 0.465 e. The first-order valence-electron chi connectivity index (χ1n) is 12.7. The van der Waals surface area contributed by atoms with Crippen LogP contribution in [0, 0.1) is 0 Å². The molecule has 0 atom stereocenters. The van der Waals surface area contributed by atoms with E-state index in [9.17, 15) is 14.4 Å². The lowest BCUT2D eigenvalue weighted by Crippen LogP contribution is -2.27. The molecular weight excluding hydrogens is 520 g/mol. The third-order valence-corrected chi connectivity index (χ3v) is 6.39. The smallest absolute Gasteiger partial charge is 0.420 e. The van der Waals surface area contributed by atoms with Crippen LogP contribution in [-0.2, 0) is 22.4 Å². The molecule has 0 spiro atoms. The quantitative estimate of drug-likeness (QED) is 0.186. The van der Waals surface area contributed by atoms with Gasteiger partial charge in [0.2, 0.25) is 0 Å². The van der Waals surface area contributed by atoms with Crippen molar-refractivity contribution in [2.45, 2.75) is 59.1 Å². The SMILES string of the molecule is CCCCc1nc(Cl)c(C=O)n1Cc1ccc2c(c1)nc(-c1ccccc1C(=O)OC)n2C(=O)OC(C)(C)C. The molecule has 0 N–H and O–H groups in total. The lowest BCUT2D eigenvalue weighted by Gasteiger charge is -2.20. The fourth-order valence-electron chi connectivity index (χ4n) is 4.34. The van der Waals surface area contributed by atoms with E-state index in [-0.39, 0.29) is 16.5 Å². The number of aromatic nitrogens is 4. The minimum Gasteiger partial charge on any atom is -0.465 e. The highest BCUT2D eigenvalue weighted by atomic mass is 35.5. The number of fused-ring (bicyclic) bond motifs is 1. The molecule has 0 aliphatic rings. The summed E-state index contributed by atoms with van der Waals surface area (Å²) in [6, 6.07) is 12.3. The summed E-state index contributed by atoms with van der Waals surface area (Å²) in [4.78, 5) is 46.9. The van der Waals surface area contributed by atoms with Gasteiger partial charge < -0.3 is 14.0 Å². The molecule has 0 aliphatic heterocycles. The second kappa shape index (κ2) is 11.4. The Hall–Kier alpha value is -3.98. The number of esters is 1. The summed E-state index contributed by atoms with van der Waals surface area (Å²) in [7, 11) is 1.30. The first-order valence-corrected chi connectivity index (χ1v) is 13.1. The van der Waals surface area contributed by atoms with Gasteiger partial charge in [0.05, 0.1) is 23.7 Å². The standard InChI is InChI=1S/C29H31ClN4O5/c1-6-7-12-24-32-25(30)23(17-35)33(24)16-18-13-14-22-21(15-18)31-26(34(22)28(37)39-29(2,3)4)19-10-8-9-11-20(19)27(36)38-5/h8-11,13-15,17H,6-7,12,16H2,1-5H3. The van der Waals surface area contributed by atoms with Gasteiger partial charge in [0.25, 0.3) is 0 Å². The van der Waals surface area contributed by atoms with Crippen molar-refractivity contribution in [1.29, 1.82) is 0 Å².